The van der Waals surface area contributed by atoms with Crippen LogP contribution in [0.5, 0.6) is 0 Å². The summed E-state index contributed by atoms with van der Waals surface area (Å²) in [6.07, 6.45) is 2.54. The zero-order valence-corrected chi connectivity index (χ0v) is 8.81. The van der Waals surface area contributed by atoms with Crippen LogP contribution in [0.25, 0.3) is 11.4 Å². The van der Waals surface area contributed by atoms with E-state index in [9.17, 15) is 0 Å². The second-order valence-electron chi connectivity index (χ2n) is 3.30. The Kier molecular flexibility index (Phi) is 2.37. The minimum absolute atomic E-state index is 0.511. The highest BCUT2D eigenvalue weighted by Crippen LogP contribution is 2.16. The van der Waals surface area contributed by atoms with Crippen LogP contribution in [-0.4, -0.2) is 19.7 Å². The number of nitrogen functional groups attached to an aromatic ring is 1. The van der Waals surface area contributed by atoms with Crippen LogP contribution in [-0.2, 0) is 13.5 Å². The molecule has 0 atom stereocenters. The summed E-state index contributed by atoms with van der Waals surface area (Å²) >= 11 is 0. The zero-order chi connectivity index (χ0) is 10.8. The van der Waals surface area contributed by atoms with Crippen molar-refractivity contribution in [3.63, 3.8) is 0 Å². The van der Waals surface area contributed by atoms with Gasteiger partial charge in [-0.1, -0.05) is 6.92 Å². The monoisotopic (exact) mass is 203 g/mol. The van der Waals surface area contributed by atoms with E-state index >= 15 is 0 Å². The predicted octanol–water partition coefficient (Wildman–Crippen LogP) is 1.02. The first-order valence-corrected chi connectivity index (χ1v) is 4.82. The molecule has 0 unspecified atom stereocenters. The molecule has 5 nitrogen and oxygen atoms in total. The molecule has 78 valence electrons. The van der Waals surface area contributed by atoms with Gasteiger partial charge in [0, 0.05) is 25.2 Å². The number of anilines is 1. The average molecular weight is 203 g/mol. The van der Waals surface area contributed by atoms with Crippen LogP contribution < -0.4 is 5.73 Å². The summed E-state index contributed by atoms with van der Waals surface area (Å²) in [5.74, 6) is 2.17. The Morgan fingerprint density at radius 2 is 2.20 bits per heavy atom. The third-order valence-corrected chi connectivity index (χ3v) is 2.17. The van der Waals surface area contributed by atoms with Crippen molar-refractivity contribution >= 4 is 5.82 Å². The summed E-state index contributed by atoms with van der Waals surface area (Å²) in [5, 5.41) is 4.27. The van der Waals surface area contributed by atoms with Crippen LogP contribution in [0.2, 0.25) is 0 Å². The third kappa shape index (κ3) is 1.81. The number of pyridine rings is 1. The molecule has 0 bridgehead atoms. The first-order chi connectivity index (χ1) is 7.20. The van der Waals surface area contributed by atoms with E-state index in [1.807, 2.05) is 20.0 Å². The van der Waals surface area contributed by atoms with Gasteiger partial charge in [-0.15, -0.1) is 0 Å². The molecule has 0 aliphatic rings. The number of aryl methyl sites for hydroxylation is 2. The second kappa shape index (κ2) is 3.68. The molecule has 0 radical (unpaired) electrons. The normalized spacial score (nSPS) is 10.5. The summed E-state index contributed by atoms with van der Waals surface area (Å²) < 4.78 is 1.76. The van der Waals surface area contributed by atoms with Crippen LogP contribution in [0.15, 0.2) is 18.3 Å². The molecule has 0 saturated carbocycles. The van der Waals surface area contributed by atoms with Gasteiger partial charge >= 0.3 is 0 Å². The Morgan fingerprint density at radius 3 is 2.73 bits per heavy atom. The molecule has 0 saturated heterocycles. The highest BCUT2D eigenvalue weighted by molar-refractivity contribution is 5.55. The van der Waals surface area contributed by atoms with Gasteiger partial charge in [0.05, 0.1) is 0 Å². The topological polar surface area (TPSA) is 69.6 Å². The quantitative estimate of drug-likeness (QED) is 0.791. The molecule has 0 fully saturated rings. The van der Waals surface area contributed by atoms with Crippen molar-refractivity contribution in [2.75, 3.05) is 5.73 Å². The van der Waals surface area contributed by atoms with E-state index in [1.54, 1.807) is 16.9 Å². The van der Waals surface area contributed by atoms with Crippen LogP contribution in [0.3, 0.4) is 0 Å². The van der Waals surface area contributed by atoms with Crippen LogP contribution in [0, 0.1) is 0 Å². The van der Waals surface area contributed by atoms with E-state index in [4.69, 9.17) is 5.73 Å². The van der Waals surface area contributed by atoms with Gasteiger partial charge in [0.25, 0.3) is 0 Å². The van der Waals surface area contributed by atoms with Gasteiger partial charge in [0.1, 0.15) is 5.82 Å². The Hall–Kier alpha value is -1.91. The van der Waals surface area contributed by atoms with Gasteiger partial charge in [0.15, 0.2) is 11.6 Å². The molecule has 15 heavy (non-hydrogen) atoms. The third-order valence-electron chi connectivity index (χ3n) is 2.17. The summed E-state index contributed by atoms with van der Waals surface area (Å²) in [6, 6.07) is 3.65. The molecule has 2 rings (SSSR count). The van der Waals surface area contributed by atoms with Crippen LogP contribution in [0.1, 0.15) is 12.7 Å². The van der Waals surface area contributed by atoms with E-state index in [-0.39, 0.29) is 0 Å². The molecule has 2 aromatic rings. The molecule has 0 aliphatic heterocycles. The highest BCUT2D eigenvalue weighted by Gasteiger charge is 2.07. The summed E-state index contributed by atoms with van der Waals surface area (Å²) in [6.45, 7) is 2.03. The minimum atomic E-state index is 0.511. The molecule has 0 spiro atoms. The standard InChI is InChI=1S/C10H13N5/c1-3-9-13-10(15(2)14-9)7-4-5-8(11)12-6-7/h4-6H,3H2,1-2H3,(H2,11,12). The van der Waals surface area contributed by atoms with Gasteiger partial charge in [-0.2, -0.15) is 5.10 Å². The average Bonchev–Trinajstić information content (AvgIpc) is 2.61. The first kappa shape index (κ1) is 9.64. The summed E-state index contributed by atoms with van der Waals surface area (Å²) in [7, 11) is 1.87. The van der Waals surface area contributed by atoms with E-state index in [0.29, 0.717) is 5.82 Å². The maximum atomic E-state index is 5.52. The Balaban J connectivity index is 2.44. The Labute approximate surface area is 88.0 Å². The maximum absolute atomic E-state index is 5.52. The van der Waals surface area contributed by atoms with E-state index < -0.39 is 0 Å². The Bertz CT molecular complexity index is 457. The molecule has 2 N–H and O–H groups in total. The van der Waals surface area contributed by atoms with Gasteiger partial charge in [-0.3, -0.25) is 0 Å². The fourth-order valence-corrected chi connectivity index (χ4v) is 1.38. The number of nitrogens with two attached hydrogens (primary N) is 1. The number of hydrogen-bond acceptors (Lipinski definition) is 4. The molecule has 2 heterocycles. The van der Waals surface area contributed by atoms with Crippen molar-refractivity contribution in [1.82, 2.24) is 19.7 Å². The van der Waals surface area contributed by atoms with Gasteiger partial charge in [-0.05, 0) is 12.1 Å². The van der Waals surface area contributed by atoms with Gasteiger partial charge in [0.2, 0.25) is 0 Å². The number of aromatic nitrogens is 4. The maximum Gasteiger partial charge on any atom is 0.159 e. The molecule has 0 amide bonds. The number of rotatable bonds is 2. The molecule has 5 heteroatoms. The van der Waals surface area contributed by atoms with Gasteiger partial charge in [-0.25, -0.2) is 14.6 Å². The van der Waals surface area contributed by atoms with Crippen molar-refractivity contribution in [1.29, 1.82) is 0 Å². The fraction of sp³-hybridized carbons (Fsp3) is 0.300. The largest absolute Gasteiger partial charge is 0.384 e. The first-order valence-electron chi connectivity index (χ1n) is 4.82. The molecule has 0 aliphatic carbocycles. The molecular weight excluding hydrogens is 190 g/mol. The number of nitrogens with zero attached hydrogens (tertiary/aromatic N) is 4. The van der Waals surface area contributed by atoms with E-state index in [1.165, 1.54) is 0 Å². The van der Waals surface area contributed by atoms with Crippen LogP contribution in [0.4, 0.5) is 5.82 Å². The van der Waals surface area contributed by atoms with Crippen LogP contribution >= 0.6 is 0 Å². The number of hydrogen-bond donors (Lipinski definition) is 1. The lowest BCUT2D eigenvalue weighted by Gasteiger charge is -1.99. The van der Waals surface area contributed by atoms with Crippen molar-refractivity contribution in [3.05, 3.63) is 24.2 Å². The van der Waals surface area contributed by atoms with Crippen molar-refractivity contribution in [3.8, 4) is 11.4 Å². The van der Waals surface area contributed by atoms with Crippen molar-refractivity contribution in [2.24, 2.45) is 7.05 Å². The van der Waals surface area contributed by atoms with Crippen molar-refractivity contribution < 1.29 is 0 Å². The van der Waals surface area contributed by atoms with Crippen molar-refractivity contribution in [2.45, 2.75) is 13.3 Å². The SMILES string of the molecule is CCc1nc(-c2ccc(N)nc2)n(C)n1. The lowest BCUT2D eigenvalue weighted by molar-refractivity contribution is 0.752. The fourth-order valence-electron chi connectivity index (χ4n) is 1.38. The van der Waals surface area contributed by atoms with E-state index in [0.717, 1.165) is 23.6 Å². The predicted molar refractivity (Wildman–Crippen MR) is 58.0 cm³/mol. The summed E-state index contributed by atoms with van der Waals surface area (Å²) in [5.41, 5.74) is 6.45. The molecule has 2 aromatic heterocycles. The lowest BCUT2D eigenvalue weighted by atomic mass is 10.2. The molecular formula is C10H13N5. The Morgan fingerprint density at radius 1 is 1.40 bits per heavy atom. The second-order valence-corrected chi connectivity index (χ2v) is 3.30. The molecule has 0 aromatic carbocycles. The highest BCUT2D eigenvalue weighted by atomic mass is 15.3. The zero-order valence-electron chi connectivity index (χ0n) is 8.81. The van der Waals surface area contributed by atoms with E-state index in [2.05, 4.69) is 15.1 Å². The summed E-state index contributed by atoms with van der Waals surface area (Å²) in [4.78, 5) is 8.43. The van der Waals surface area contributed by atoms with Gasteiger partial charge < -0.3 is 5.73 Å². The minimum Gasteiger partial charge on any atom is -0.384 e. The smallest absolute Gasteiger partial charge is 0.159 e. The lowest BCUT2D eigenvalue weighted by Crippen LogP contribution is -1.96.